The monoisotopic (exact) mass is 390 g/mol. The van der Waals surface area contributed by atoms with E-state index in [1.165, 1.54) is 44.6 Å². The highest BCUT2D eigenvalue weighted by atomic mass is 19.1. The van der Waals surface area contributed by atoms with Crippen LogP contribution in [0.15, 0.2) is 12.1 Å². The van der Waals surface area contributed by atoms with Gasteiger partial charge in [0.05, 0.1) is 0 Å². The number of hydrogen-bond acceptors (Lipinski definition) is 3. The predicted molar refractivity (Wildman–Crippen MR) is 111 cm³/mol. The number of amides is 2. The molecule has 0 spiro atoms. The molecular weight excluding hydrogens is 358 g/mol. The molecule has 2 radical (unpaired) electrons. The number of carbonyl (C=O) groups excluding carboxylic acids is 2. The molecular formula is C21H32BFN2O3. The zero-order valence-electron chi connectivity index (χ0n) is 17.5. The fourth-order valence-corrected chi connectivity index (χ4v) is 3.00. The van der Waals surface area contributed by atoms with Gasteiger partial charge in [-0.3, -0.25) is 4.79 Å². The van der Waals surface area contributed by atoms with Crippen LogP contribution >= 0.6 is 0 Å². The Balaban J connectivity index is 0.000000237. The van der Waals surface area contributed by atoms with Crippen molar-refractivity contribution in [2.24, 2.45) is 5.73 Å². The first-order chi connectivity index (χ1) is 13.0. The molecule has 2 N–H and O–H groups in total. The molecule has 1 aliphatic heterocycles. The Morgan fingerprint density at radius 3 is 2.04 bits per heavy atom. The van der Waals surface area contributed by atoms with Gasteiger partial charge in [-0.15, -0.1) is 0 Å². The van der Waals surface area contributed by atoms with Crippen molar-refractivity contribution in [1.82, 2.24) is 4.90 Å². The van der Waals surface area contributed by atoms with Crippen molar-refractivity contribution >= 4 is 25.3 Å². The number of fused-ring (bicyclic) bond motifs is 1. The summed E-state index contributed by atoms with van der Waals surface area (Å²) < 4.78 is 17.7. The van der Waals surface area contributed by atoms with Gasteiger partial charge in [-0.1, -0.05) is 50.1 Å². The Morgan fingerprint density at radius 2 is 1.64 bits per heavy atom. The molecule has 0 atom stereocenters. The van der Waals surface area contributed by atoms with E-state index >= 15 is 0 Å². The standard InChI is InChI=1S/C10H9BFNO.C6H12.C5H11NO2/c1-13-3-2-6-4-8(11)9(12)5-7(6)10(13)14;1-2-4-6-5-3-1;1-5(2,3)8-4(6)7/h4-5H,2-3H2,1H3;1-6H2;1-3H3,(H2,6,7). The van der Waals surface area contributed by atoms with Gasteiger partial charge in [-0.2, -0.15) is 0 Å². The van der Waals surface area contributed by atoms with Crippen LogP contribution in [0.5, 0.6) is 0 Å². The number of nitrogens with two attached hydrogens (primary N) is 1. The summed E-state index contributed by atoms with van der Waals surface area (Å²) >= 11 is 0. The van der Waals surface area contributed by atoms with Gasteiger partial charge in [0, 0.05) is 19.2 Å². The summed E-state index contributed by atoms with van der Waals surface area (Å²) in [5.41, 5.74) is 5.65. The number of benzene rings is 1. The van der Waals surface area contributed by atoms with Crippen molar-refractivity contribution < 1.29 is 18.7 Å². The molecule has 7 heteroatoms. The van der Waals surface area contributed by atoms with Crippen molar-refractivity contribution in [3.05, 3.63) is 29.1 Å². The van der Waals surface area contributed by atoms with Crippen LogP contribution in [0.25, 0.3) is 0 Å². The van der Waals surface area contributed by atoms with Gasteiger partial charge in [0.1, 0.15) is 19.3 Å². The second kappa shape index (κ2) is 11.1. The molecule has 1 saturated carbocycles. The summed E-state index contributed by atoms with van der Waals surface area (Å²) in [5, 5.41) is 0. The molecule has 2 amide bonds. The van der Waals surface area contributed by atoms with Crippen LogP contribution in [0.4, 0.5) is 9.18 Å². The molecule has 1 heterocycles. The topological polar surface area (TPSA) is 72.6 Å². The Bertz CT molecular complexity index is 659. The van der Waals surface area contributed by atoms with E-state index in [1.807, 2.05) is 0 Å². The van der Waals surface area contributed by atoms with E-state index in [1.54, 1.807) is 38.8 Å². The lowest BCUT2D eigenvalue weighted by molar-refractivity contribution is 0.0599. The molecule has 5 nitrogen and oxygen atoms in total. The maximum absolute atomic E-state index is 13.1. The highest BCUT2D eigenvalue weighted by molar-refractivity contribution is 6.32. The van der Waals surface area contributed by atoms with E-state index in [-0.39, 0.29) is 11.4 Å². The van der Waals surface area contributed by atoms with Gasteiger partial charge in [0.15, 0.2) is 0 Å². The number of nitrogens with zero attached hydrogens (tertiary/aromatic N) is 1. The fraction of sp³-hybridized carbons (Fsp3) is 0.619. The molecule has 0 aromatic heterocycles. The van der Waals surface area contributed by atoms with Gasteiger partial charge in [0.25, 0.3) is 5.91 Å². The van der Waals surface area contributed by atoms with Gasteiger partial charge >= 0.3 is 6.09 Å². The molecule has 0 unspecified atom stereocenters. The molecule has 2 aliphatic rings. The number of carbonyl (C=O) groups is 2. The zero-order chi connectivity index (χ0) is 21.3. The van der Waals surface area contributed by atoms with Gasteiger partial charge < -0.3 is 15.4 Å². The predicted octanol–water partition coefficient (Wildman–Crippen LogP) is 3.47. The molecule has 154 valence electrons. The second-order valence-corrected chi connectivity index (χ2v) is 8.16. The largest absolute Gasteiger partial charge is 0.444 e. The molecule has 0 saturated heterocycles. The van der Waals surface area contributed by atoms with Crippen molar-refractivity contribution in [2.45, 2.75) is 71.3 Å². The average Bonchev–Trinajstić information content (AvgIpc) is 2.61. The Labute approximate surface area is 169 Å². The summed E-state index contributed by atoms with van der Waals surface area (Å²) in [6.07, 6.45) is 9.01. The third-order valence-electron chi connectivity index (χ3n) is 4.42. The molecule has 0 bridgehead atoms. The normalized spacial score (nSPS) is 16.0. The number of rotatable bonds is 0. The maximum atomic E-state index is 13.1. The van der Waals surface area contributed by atoms with E-state index in [0.717, 1.165) is 12.0 Å². The first-order valence-corrected chi connectivity index (χ1v) is 9.83. The van der Waals surface area contributed by atoms with Crippen LogP contribution in [0.1, 0.15) is 75.2 Å². The Morgan fingerprint density at radius 1 is 1.14 bits per heavy atom. The summed E-state index contributed by atoms with van der Waals surface area (Å²) in [7, 11) is 7.13. The van der Waals surface area contributed by atoms with E-state index in [0.29, 0.717) is 12.1 Å². The van der Waals surface area contributed by atoms with Crippen LogP contribution in [0, 0.1) is 5.82 Å². The maximum Gasteiger partial charge on any atom is 0.405 e. The number of likely N-dealkylation sites (N-methyl/N-ethyl adjacent to an activating group) is 1. The molecule has 1 fully saturated rings. The fourth-order valence-electron chi connectivity index (χ4n) is 3.00. The molecule has 1 aliphatic carbocycles. The van der Waals surface area contributed by atoms with E-state index in [2.05, 4.69) is 4.74 Å². The summed E-state index contributed by atoms with van der Waals surface area (Å²) in [5.74, 6) is -0.655. The van der Waals surface area contributed by atoms with Crippen LogP contribution in [-0.2, 0) is 11.2 Å². The van der Waals surface area contributed by atoms with E-state index in [4.69, 9.17) is 13.6 Å². The summed E-state index contributed by atoms with van der Waals surface area (Å²) in [4.78, 5) is 23.2. The van der Waals surface area contributed by atoms with E-state index < -0.39 is 17.5 Å². The highest BCUT2D eigenvalue weighted by Crippen LogP contribution is 2.17. The highest BCUT2D eigenvalue weighted by Gasteiger charge is 2.22. The minimum absolute atomic E-state index is 0.112. The SMILES string of the molecule is C1CCCCC1.CC(C)(C)OC(N)=O.[B]c1cc2c(cc1F)C(=O)N(C)CC2. The number of ether oxygens (including phenoxy) is 1. The van der Waals surface area contributed by atoms with Gasteiger partial charge in [-0.05, 0) is 38.8 Å². The van der Waals surface area contributed by atoms with Crippen LogP contribution < -0.4 is 11.2 Å². The van der Waals surface area contributed by atoms with Crippen LogP contribution in [0.3, 0.4) is 0 Å². The average molecular weight is 390 g/mol. The number of hydrogen-bond donors (Lipinski definition) is 1. The van der Waals surface area contributed by atoms with Crippen molar-refractivity contribution in [1.29, 1.82) is 0 Å². The third-order valence-corrected chi connectivity index (χ3v) is 4.42. The van der Waals surface area contributed by atoms with E-state index in [9.17, 15) is 14.0 Å². The lowest BCUT2D eigenvalue weighted by Crippen LogP contribution is -2.35. The smallest absolute Gasteiger partial charge is 0.405 e. The Hall–Kier alpha value is -2.05. The molecule has 3 rings (SSSR count). The zero-order valence-corrected chi connectivity index (χ0v) is 17.5. The van der Waals surface area contributed by atoms with Crippen LogP contribution in [0.2, 0.25) is 0 Å². The third kappa shape index (κ3) is 8.76. The first-order valence-electron chi connectivity index (χ1n) is 9.83. The summed E-state index contributed by atoms with van der Waals surface area (Å²) in [6.45, 7) is 5.95. The number of halogens is 1. The minimum atomic E-state index is -0.725. The quantitative estimate of drug-likeness (QED) is 0.690. The first kappa shape index (κ1) is 24.0. The lowest BCUT2D eigenvalue weighted by atomic mass is 9.88. The minimum Gasteiger partial charge on any atom is -0.444 e. The van der Waals surface area contributed by atoms with Crippen molar-refractivity contribution in [3.63, 3.8) is 0 Å². The molecule has 1 aromatic carbocycles. The van der Waals surface area contributed by atoms with Crippen molar-refractivity contribution in [3.8, 4) is 0 Å². The Kier molecular flexibility index (Phi) is 9.49. The van der Waals surface area contributed by atoms with Crippen LogP contribution in [-0.4, -0.2) is 43.9 Å². The van der Waals surface area contributed by atoms with Crippen molar-refractivity contribution in [2.75, 3.05) is 13.6 Å². The second-order valence-electron chi connectivity index (χ2n) is 8.16. The molecule has 28 heavy (non-hydrogen) atoms. The summed E-state index contributed by atoms with van der Waals surface area (Å²) in [6, 6.07) is 2.78. The van der Waals surface area contributed by atoms with Gasteiger partial charge in [0.2, 0.25) is 0 Å². The lowest BCUT2D eigenvalue weighted by Gasteiger charge is -2.25. The molecule has 1 aromatic rings. The number of primary amides is 1. The van der Waals surface area contributed by atoms with Gasteiger partial charge in [-0.25, -0.2) is 9.18 Å².